The van der Waals surface area contributed by atoms with Crippen LogP contribution >= 0.6 is 11.6 Å². The van der Waals surface area contributed by atoms with E-state index < -0.39 is 4.92 Å². The van der Waals surface area contributed by atoms with Crippen molar-refractivity contribution < 1.29 is 9.72 Å². The zero-order chi connectivity index (χ0) is 13.3. The fraction of sp³-hybridized carbons (Fsp3) is 0.364. The first-order valence-corrected chi connectivity index (χ1v) is 5.80. The number of hydrogen-bond acceptors (Lipinski definition) is 4. The number of nitro groups is 1. The first-order valence-electron chi connectivity index (χ1n) is 5.42. The number of halogens is 1. The fourth-order valence-corrected chi connectivity index (χ4v) is 1.91. The predicted octanol–water partition coefficient (Wildman–Crippen LogP) is 1.29. The Hall–Kier alpha value is -1.66. The van der Waals surface area contributed by atoms with Gasteiger partial charge in [0.1, 0.15) is 5.56 Å². The number of carbonyl (C=O) groups is 1. The average Bonchev–Trinajstić information content (AvgIpc) is 2.25. The van der Waals surface area contributed by atoms with Crippen LogP contribution in [0.15, 0.2) is 18.2 Å². The Bertz CT molecular complexity index is 502. The summed E-state index contributed by atoms with van der Waals surface area (Å²) >= 11 is 5.71. The number of amides is 1. The van der Waals surface area contributed by atoms with Crippen molar-refractivity contribution in [2.45, 2.75) is 6.04 Å². The van der Waals surface area contributed by atoms with E-state index in [4.69, 9.17) is 11.6 Å². The number of hydrogen-bond donors (Lipinski definition) is 1. The Morgan fingerprint density at radius 1 is 1.56 bits per heavy atom. The van der Waals surface area contributed by atoms with Crippen molar-refractivity contribution in [3.05, 3.63) is 38.9 Å². The van der Waals surface area contributed by atoms with Gasteiger partial charge >= 0.3 is 0 Å². The summed E-state index contributed by atoms with van der Waals surface area (Å²) in [5.41, 5.74) is -0.189. The van der Waals surface area contributed by atoms with E-state index in [-0.39, 0.29) is 28.2 Å². The Morgan fingerprint density at radius 3 is 2.72 bits per heavy atom. The van der Waals surface area contributed by atoms with Crippen LogP contribution in [0.5, 0.6) is 0 Å². The highest BCUT2D eigenvalue weighted by molar-refractivity contribution is 6.31. The third kappa shape index (κ3) is 2.30. The number of likely N-dealkylation sites (N-methyl/N-ethyl adjacent to an activating group) is 1. The first kappa shape index (κ1) is 12.8. The number of nitrogens with one attached hydrogen (secondary N) is 1. The van der Waals surface area contributed by atoms with E-state index in [0.717, 1.165) is 0 Å². The summed E-state index contributed by atoms with van der Waals surface area (Å²) < 4.78 is 0. The summed E-state index contributed by atoms with van der Waals surface area (Å²) in [6.45, 7) is 1.42. The van der Waals surface area contributed by atoms with Crippen LogP contribution in [0.1, 0.15) is 10.4 Å². The molecule has 6 nitrogen and oxygen atoms in total. The second-order valence-electron chi connectivity index (χ2n) is 4.15. The number of rotatable bonds is 3. The highest BCUT2D eigenvalue weighted by Gasteiger charge is 2.29. The van der Waals surface area contributed by atoms with E-state index >= 15 is 0 Å². The van der Waals surface area contributed by atoms with Gasteiger partial charge in [-0.15, -0.1) is 0 Å². The topological polar surface area (TPSA) is 75.5 Å². The van der Waals surface area contributed by atoms with Gasteiger partial charge in [-0.05, 0) is 12.1 Å². The van der Waals surface area contributed by atoms with Crippen LogP contribution in [-0.2, 0) is 0 Å². The zero-order valence-corrected chi connectivity index (χ0v) is 10.5. The summed E-state index contributed by atoms with van der Waals surface area (Å²) in [5.74, 6) is -0.357. The predicted molar refractivity (Wildman–Crippen MR) is 66.9 cm³/mol. The lowest BCUT2D eigenvalue weighted by Crippen LogP contribution is -2.57. The smallest absolute Gasteiger partial charge is 0.283 e. The van der Waals surface area contributed by atoms with Crippen molar-refractivity contribution in [1.82, 2.24) is 10.2 Å². The molecule has 0 aliphatic carbocycles. The van der Waals surface area contributed by atoms with Gasteiger partial charge in [-0.3, -0.25) is 14.9 Å². The molecule has 1 aromatic carbocycles. The largest absolute Gasteiger partial charge is 0.336 e. The minimum absolute atomic E-state index is 0.0683. The van der Waals surface area contributed by atoms with Gasteiger partial charge in [-0.2, -0.15) is 0 Å². The summed E-state index contributed by atoms with van der Waals surface area (Å²) in [7, 11) is 1.65. The van der Waals surface area contributed by atoms with Crippen molar-refractivity contribution in [3.8, 4) is 0 Å². The number of nitrogens with zero attached hydrogens (tertiary/aromatic N) is 2. The van der Waals surface area contributed by atoms with E-state index in [1.807, 2.05) is 0 Å². The normalized spacial score (nSPS) is 15.0. The monoisotopic (exact) mass is 269 g/mol. The van der Waals surface area contributed by atoms with Crippen molar-refractivity contribution in [2.24, 2.45) is 0 Å². The molecule has 0 radical (unpaired) electrons. The molecule has 1 saturated heterocycles. The van der Waals surface area contributed by atoms with Crippen molar-refractivity contribution in [2.75, 3.05) is 20.1 Å². The lowest BCUT2D eigenvalue weighted by Gasteiger charge is -2.35. The van der Waals surface area contributed by atoms with Crippen molar-refractivity contribution in [1.29, 1.82) is 0 Å². The quantitative estimate of drug-likeness (QED) is 0.663. The molecule has 2 rings (SSSR count). The molecule has 0 unspecified atom stereocenters. The second-order valence-corrected chi connectivity index (χ2v) is 4.58. The molecule has 1 heterocycles. The maximum Gasteiger partial charge on any atom is 0.283 e. The molecule has 96 valence electrons. The molecule has 7 heteroatoms. The maximum atomic E-state index is 12.2. The van der Waals surface area contributed by atoms with E-state index in [2.05, 4.69) is 5.32 Å². The molecule has 0 atom stereocenters. The lowest BCUT2D eigenvalue weighted by molar-refractivity contribution is -0.385. The van der Waals surface area contributed by atoms with E-state index in [9.17, 15) is 14.9 Å². The summed E-state index contributed by atoms with van der Waals surface area (Å²) in [6.07, 6.45) is 0. The highest BCUT2D eigenvalue weighted by Crippen LogP contribution is 2.25. The fourth-order valence-electron chi connectivity index (χ4n) is 1.74. The van der Waals surface area contributed by atoms with Crippen LogP contribution in [0, 0.1) is 10.1 Å². The van der Waals surface area contributed by atoms with Gasteiger partial charge in [0.05, 0.1) is 11.0 Å². The maximum absolute atomic E-state index is 12.2. The summed E-state index contributed by atoms with van der Waals surface area (Å²) in [5, 5.41) is 14.2. The van der Waals surface area contributed by atoms with Crippen LogP contribution in [0.25, 0.3) is 0 Å². The summed E-state index contributed by atoms with van der Waals surface area (Å²) in [6, 6.07) is 4.16. The molecule has 1 aromatic rings. The van der Waals surface area contributed by atoms with Gasteiger partial charge in [-0.25, -0.2) is 0 Å². The third-order valence-electron chi connectivity index (χ3n) is 3.01. The molecule has 0 saturated carbocycles. The SMILES string of the molecule is CN(C(=O)c1ccc(Cl)cc1[N+](=O)[O-])C1CNC1. The van der Waals surface area contributed by atoms with Crippen LogP contribution in [0.2, 0.25) is 5.02 Å². The van der Waals surface area contributed by atoms with Gasteiger partial charge in [0.15, 0.2) is 0 Å². The van der Waals surface area contributed by atoms with E-state index in [1.165, 1.54) is 23.1 Å². The van der Waals surface area contributed by atoms with Gasteiger partial charge < -0.3 is 10.2 Å². The molecular weight excluding hydrogens is 258 g/mol. The van der Waals surface area contributed by atoms with Crippen LogP contribution in [-0.4, -0.2) is 41.9 Å². The molecule has 1 aliphatic heterocycles. The van der Waals surface area contributed by atoms with Crippen LogP contribution < -0.4 is 5.32 Å². The van der Waals surface area contributed by atoms with E-state index in [0.29, 0.717) is 13.1 Å². The average molecular weight is 270 g/mol. The minimum Gasteiger partial charge on any atom is -0.336 e. The molecule has 1 aliphatic rings. The van der Waals surface area contributed by atoms with Gasteiger partial charge in [-0.1, -0.05) is 11.6 Å². The van der Waals surface area contributed by atoms with Gasteiger partial charge in [0.2, 0.25) is 0 Å². The minimum atomic E-state index is -0.591. The second kappa shape index (κ2) is 4.91. The van der Waals surface area contributed by atoms with Gasteiger partial charge in [0.25, 0.3) is 11.6 Å². The van der Waals surface area contributed by atoms with Crippen LogP contribution in [0.4, 0.5) is 5.69 Å². The van der Waals surface area contributed by atoms with Crippen LogP contribution in [0.3, 0.4) is 0 Å². The Balaban J connectivity index is 2.31. The number of carbonyl (C=O) groups excluding carboxylic acids is 1. The molecule has 18 heavy (non-hydrogen) atoms. The van der Waals surface area contributed by atoms with Crippen molar-refractivity contribution in [3.63, 3.8) is 0 Å². The van der Waals surface area contributed by atoms with E-state index in [1.54, 1.807) is 7.05 Å². The number of nitro benzene ring substituents is 1. The Kier molecular flexibility index (Phi) is 3.49. The molecule has 0 spiro atoms. The molecular formula is C11H12ClN3O3. The third-order valence-corrected chi connectivity index (χ3v) is 3.25. The Labute approximate surface area is 109 Å². The lowest BCUT2D eigenvalue weighted by atomic mass is 10.1. The molecule has 0 aromatic heterocycles. The first-order chi connectivity index (χ1) is 8.50. The Morgan fingerprint density at radius 2 is 2.22 bits per heavy atom. The summed E-state index contributed by atoms with van der Waals surface area (Å²) in [4.78, 5) is 24.0. The standard InChI is InChI=1S/C11H12ClN3O3/c1-14(8-5-13-6-8)11(16)9-3-2-7(12)4-10(9)15(17)18/h2-4,8,13H,5-6H2,1H3. The number of benzene rings is 1. The highest BCUT2D eigenvalue weighted by atomic mass is 35.5. The zero-order valence-electron chi connectivity index (χ0n) is 9.72. The molecule has 1 N–H and O–H groups in total. The molecule has 1 amide bonds. The van der Waals surface area contributed by atoms with Gasteiger partial charge in [0, 0.05) is 31.2 Å². The molecule has 0 bridgehead atoms. The molecule has 1 fully saturated rings. The van der Waals surface area contributed by atoms with Crippen molar-refractivity contribution >= 4 is 23.2 Å².